The molecule has 0 atom stereocenters. The fourth-order valence-corrected chi connectivity index (χ4v) is 2.56. The van der Waals surface area contributed by atoms with Crippen LogP contribution in [0.3, 0.4) is 0 Å². The zero-order valence-electron chi connectivity index (χ0n) is 8.82. The van der Waals surface area contributed by atoms with Crippen molar-refractivity contribution in [2.24, 2.45) is 0 Å². The normalized spacial score (nSPS) is 18.6. The summed E-state index contributed by atoms with van der Waals surface area (Å²) in [7, 11) is 1.91. The van der Waals surface area contributed by atoms with Crippen LogP contribution in [0.4, 0.5) is 4.39 Å². The van der Waals surface area contributed by atoms with E-state index in [0.717, 1.165) is 24.9 Å². The van der Waals surface area contributed by atoms with Crippen molar-refractivity contribution in [2.75, 3.05) is 13.6 Å². The first-order valence-electron chi connectivity index (χ1n) is 5.28. The fourth-order valence-electron chi connectivity index (χ4n) is 2.39. The Morgan fingerprint density at radius 1 is 1.47 bits per heavy atom. The third-order valence-electron chi connectivity index (χ3n) is 3.33. The summed E-state index contributed by atoms with van der Waals surface area (Å²) < 4.78 is 13.7. The summed E-state index contributed by atoms with van der Waals surface area (Å²) in [5.74, 6) is -0.130. The van der Waals surface area contributed by atoms with Crippen molar-refractivity contribution in [1.29, 1.82) is 0 Å². The molecule has 15 heavy (non-hydrogen) atoms. The van der Waals surface area contributed by atoms with Crippen molar-refractivity contribution in [1.82, 2.24) is 5.32 Å². The number of hydrogen-bond acceptors (Lipinski definition) is 1. The van der Waals surface area contributed by atoms with Crippen molar-refractivity contribution in [3.05, 3.63) is 34.6 Å². The second-order valence-electron chi connectivity index (χ2n) is 4.29. The van der Waals surface area contributed by atoms with Gasteiger partial charge in [0.15, 0.2) is 0 Å². The van der Waals surface area contributed by atoms with E-state index in [-0.39, 0.29) is 11.2 Å². The van der Waals surface area contributed by atoms with Crippen molar-refractivity contribution in [2.45, 2.75) is 24.7 Å². The SMILES string of the molecule is CNCC1(c2cc(Cl)ccc2F)CCC1. The molecule has 0 spiro atoms. The Hall–Kier alpha value is -0.600. The minimum absolute atomic E-state index is 0.0241. The quantitative estimate of drug-likeness (QED) is 0.837. The molecule has 0 radical (unpaired) electrons. The molecule has 1 aliphatic carbocycles. The first-order chi connectivity index (χ1) is 7.18. The van der Waals surface area contributed by atoms with Crippen LogP contribution in [0.1, 0.15) is 24.8 Å². The Kier molecular flexibility index (Phi) is 2.98. The molecule has 0 aliphatic heterocycles. The number of benzene rings is 1. The van der Waals surface area contributed by atoms with Crippen LogP contribution in [0.5, 0.6) is 0 Å². The third kappa shape index (κ3) is 1.88. The highest BCUT2D eigenvalue weighted by atomic mass is 35.5. The van der Waals surface area contributed by atoms with Gasteiger partial charge in [-0.05, 0) is 43.7 Å². The molecule has 1 aromatic rings. The summed E-state index contributed by atoms with van der Waals surface area (Å²) in [6, 6.07) is 4.84. The number of rotatable bonds is 3. The van der Waals surface area contributed by atoms with Gasteiger partial charge in [-0.3, -0.25) is 0 Å². The van der Waals surface area contributed by atoms with E-state index in [0.29, 0.717) is 5.02 Å². The van der Waals surface area contributed by atoms with E-state index in [9.17, 15) is 4.39 Å². The summed E-state index contributed by atoms with van der Waals surface area (Å²) >= 11 is 5.92. The lowest BCUT2D eigenvalue weighted by atomic mass is 9.64. The number of hydrogen-bond donors (Lipinski definition) is 1. The molecule has 0 bridgehead atoms. The molecule has 0 saturated heterocycles. The summed E-state index contributed by atoms with van der Waals surface area (Å²) in [6.45, 7) is 0.824. The first kappa shape index (κ1) is 10.9. The highest BCUT2D eigenvalue weighted by Gasteiger charge is 2.39. The van der Waals surface area contributed by atoms with Crippen LogP contribution < -0.4 is 5.32 Å². The van der Waals surface area contributed by atoms with Crippen LogP contribution in [0.2, 0.25) is 5.02 Å². The molecule has 2 rings (SSSR count). The third-order valence-corrected chi connectivity index (χ3v) is 3.56. The second-order valence-corrected chi connectivity index (χ2v) is 4.72. The molecule has 1 nitrogen and oxygen atoms in total. The molecule has 0 aromatic heterocycles. The molecule has 1 N–H and O–H groups in total. The lowest BCUT2D eigenvalue weighted by molar-refractivity contribution is 0.231. The van der Waals surface area contributed by atoms with Crippen LogP contribution in [0.15, 0.2) is 18.2 Å². The molecule has 0 heterocycles. The van der Waals surface area contributed by atoms with Gasteiger partial charge in [-0.2, -0.15) is 0 Å². The number of nitrogens with one attached hydrogen (secondary N) is 1. The van der Waals surface area contributed by atoms with Crippen LogP contribution in [0.25, 0.3) is 0 Å². The smallest absolute Gasteiger partial charge is 0.127 e. The van der Waals surface area contributed by atoms with E-state index in [4.69, 9.17) is 11.6 Å². The van der Waals surface area contributed by atoms with Crippen LogP contribution >= 0.6 is 11.6 Å². The Morgan fingerprint density at radius 3 is 2.73 bits per heavy atom. The lowest BCUT2D eigenvalue weighted by Gasteiger charge is -2.42. The van der Waals surface area contributed by atoms with E-state index in [1.807, 2.05) is 7.05 Å². The van der Waals surface area contributed by atoms with Crippen molar-refractivity contribution >= 4 is 11.6 Å². The minimum atomic E-state index is -0.130. The van der Waals surface area contributed by atoms with Gasteiger partial charge in [0.25, 0.3) is 0 Å². The maximum absolute atomic E-state index is 13.7. The molecular formula is C12H15ClFN. The predicted molar refractivity (Wildman–Crippen MR) is 60.9 cm³/mol. The topological polar surface area (TPSA) is 12.0 Å². The monoisotopic (exact) mass is 227 g/mol. The molecule has 0 unspecified atom stereocenters. The van der Waals surface area contributed by atoms with Gasteiger partial charge >= 0.3 is 0 Å². The van der Waals surface area contributed by atoms with Crippen molar-refractivity contribution < 1.29 is 4.39 Å². The van der Waals surface area contributed by atoms with Gasteiger partial charge in [0.1, 0.15) is 5.82 Å². The summed E-state index contributed by atoms with van der Waals surface area (Å²) in [6.07, 6.45) is 3.27. The Labute approximate surface area is 94.6 Å². The maximum Gasteiger partial charge on any atom is 0.127 e. The molecule has 82 valence electrons. The van der Waals surface area contributed by atoms with Gasteiger partial charge in [0.05, 0.1) is 0 Å². The largest absolute Gasteiger partial charge is 0.319 e. The van der Waals surface area contributed by atoms with Gasteiger partial charge in [-0.15, -0.1) is 0 Å². The van der Waals surface area contributed by atoms with E-state index in [1.54, 1.807) is 12.1 Å². The van der Waals surface area contributed by atoms with E-state index < -0.39 is 0 Å². The molecular weight excluding hydrogens is 213 g/mol. The molecule has 1 aromatic carbocycles. The van der Waals surface area contributed by atoms with Gasteiger partial charge in [0, 0.05) is 17.0 Å². The average molecular weight is 228 g/mol. The molecule has 3 heteroatoms. The fraction of sp³-hybridized carbons (Fsp3) is 0.500. The zero-order valence-corrected chi connectivity index (χ0v) is 9.57. The van der Waals surface area contributed by atoms with Gasteiger partial charge in [-0.1, -0.05) is 18.0 Å². The minimum Gasteiger partial charge on any atom is -0.319 e. The van der Waals surface area contributed by atoms with E-state index in [2.05, 4.69) is 5.32 Å². The zero-order chi connectivity index (χ0) is 10.9. The number of halogens is 2. The van der Waals surface area contributed by atoms with Gasteiger partial charge < -0.3 is 5.32 Å². The van der Waals surface area contributed by atoms with E-state index in [1.165, 1.54) is 12.5 Å². The standard InChI is InChI=1S/C12H15ClFN/c1-15-8-12(5-2-6-12)10-7-9(13)3-4-11(10)14/h3-4,7,15H,2,5-6,8H2,1H3. The van der Waals surface area contributed by atoms with Crippen molar-refractivity contribution in [3.8, 4) is 0 Å². The molecule has 1 fully saturated rings. The first-order valence-corrected chi connectivity index (χ1v) is 5.66. The summed E-state index contributed by atoms with van der Waals surface area (Å²) in [5, 5.41) is 3.77. The number of likely N-dealkylation sites (N-methyl/N-ethyl adjacent to an activating group) is 1. The Bertz CT molecular complexity index is 361. The molecule has 1 saturated carbocycles. The maximum atomic E-state index is 13.7. The molecule has 0 amide bonds. The van der Waals surface area contributed by atoms with Gasteiger partial charge in [-0.25, -0.2) is 4.39 Å². The highest BCUT2D eigenvalue weighted by molar-refractivity contribution is 6.30. The van der Waals surface area contributed by atoms with Crippen molar-refractivity contribution in [3.63, 3.8) is 0 Å². The lowest BCUT2D eigenvalue weighted by Crippen LogP contribution is -2.43. The average Bonchev–Trinajstić information content (AvgIpc) is 2.16. The van der Waals surface area contributed by atoms with E-state index >= 15 is 0 Å². The van der Waals surface area contributed by atoms with Crippen LogP contribution in [-0.4, -0.2) is 13.6 Å². The molecule has 1 aliphatic rings. The van der Waals surface area contributed by atoms with Crippen LogP contribution in [0, 0.1) is 5.82 Å². The Balaban J connectivity index is 2.37. The highest BCUT2D eigenvalue weighted by Crippen LogP contribution is 2.44. The van der Waals surface area contributed by atoms with Gasteiger partial charge in [0.2, 0.25) is 0 Å². The summed E-state index contributed by atoms with van der Waals surface area (Å²) in [5.41, 5.74) is 0.750. The Morgan fingerprint density at radius 2 is 2.20 bits per heavy atom. The predicted octanol–water partition coefficient (Wildman–Crippen LogP) is 3.12. The summed E-state index contributed by atoms with van der Waals surface area (Å²) in [4.78, 5) is 0. The van der Waals surface area contributed by atoms with Crippen LogP contribution in [-0.2, 0) is 5.41 Å². The second kappa shape index (κ2) is 4.11.